The van der Waals surface area contributed by atoms with Crippen molar-refractivity contribution in [1.29, 1.82) is 0 Å². The number of hydrogen-bond donors (Lipinski definition) is 3. The van der Waals surface area contributed by atoms with Gasteiger partial charge in [0, 0.05) is 42.8 Å². The van der Waals surface area contributed by atoms with Crippen molar-refractivity contribution in [1.82, 2.24) is 5.32 Å². The zero-order valence-electron chi connectivity index (χ0n) is 18.4. The first-order valence-corrected chi connectivity index (χ1v) is 11.0. The average molecular weight is 442 g/mol. The van der Waals surface area contributed by atoms with Crippen molar-refractivity contribution >= 4 is 23.2 Å². The van der Waals surface area contributed by atoms with Gasteiger partial charge in [-0.05, 0) is 50.1 Å². The maximum atomic E-state index is 12.4. The molecule has 3 rings (SSSR count). The highest BCUT2D eigenvalue weighted by molar-refractivity contribution is 5.98. The van der Waals surface area contributed by atoms with Crippen molar-refractivity contribution in [2.75, 3.05) is 50.2 Å². The Kier molecular flexibility index (Phi) is 9.34. The number of carbonyl (C=O) groups excluding carboxylic acids is 2. The van der Waals surface area contributed by atoms with Gasteiger partial charge >= 0.3 is 0 Å². The minimum absolute atomic E-state index is 0.0812. The monoisotopic (exact) mass is 441 g/mol. The highest BCUT2D eigenvalue weighted by atomic mass is 16.5. The van der Waals surface area contributed by atoms with E-state index in [2.05, 4.69) is 16.0 Å². The van der Waals surface area contributed by atoms with Crippen molar-refractivity contribution in [2.24, 2.45) is 0 Å². The summed E-state index contributed by atoms with van der Waals surface area (Å²) < 4.78 is 16.4. The van der Waals surface area contributed by atoms with Crippen molar-refractivity contribution in [3.63, 3.8) is 0 Å². The van der Waals surface area contributed by atoms with Gasteiger partial charge in [-0.1, -0.05) is 12.1 Å². The van der Waals surface area contributed by atoms with Crippen molar-refractivity contribution in [3.05, 3.63) is 54.1 Å². The molecule has 2 aromatic rings. The number of amides is 2. The van der Waals surface area contributed by atoms with Crippen LogP contribution in [0.3, 0.4) is 0 Å². The summed E-state index contributed by atoms with van der Waals surface area (Å²) in [7, 11) is 0. The first kappa shape index (κ1) is 23.6. The first-order valence-electron chi connectivity index (χ1n) is 11.0. The molecule has 172 valence electrons. The van der Waals surface area contributed by atoms with Crippen LogP contribution in [-0.4, -0.2) is 57.4 Å². The number of ether oxygens (including phenoxy) is 3. The maximum Gasteiger partial charge on any atom is 0.251 e. The summed E-state index contributed by atoms with van der Waals surface area (Å²) in [6.45, 7) is 4.92. The lowest BCUT2D eigenvalue weighted by Gasteiger charge is -2.12. The molecule has 0 aromatic heterocycles. The molecule has 0 aliphatic carbocycles. The minimum atomic E-state index is -0.218. The molecule has 0 saturated carbocycles. The van der Waals surface area contributed by atoms with Crippen molar-refractivity contribution in [3.8, 4) is 5.75 Å². The first-order chi connectivity index (χ1) is 15.6. The van der Waals surface area contributed by atoms with Crippen LogP contribution in [0.4, 0.5) is 11.4 Å². The van der Waals surface area contributed by atoms with Crippen LogP contribution >= 0.6 is 0 Å². The van der Waals surface area contributed by atoms with Crippen LogP contribution in [0.5, 0.6) is 5.75 Å². The maximum absolute atomic E-state index is 12.4. The minimum Gasteiger partial charge on any atom is -0.491 e. The molecule has 0 bridgehead atoms. The Balaban J connectivity index is 1.44. The summed E-state index contributed by atoms with van der Waals surface area (Å²) in [6.07, 6.45) is 2.08. The van der Waals surface area contributed by atoms with Crippen LogP contribution in [0.2, 0.25) is 0 Å². The molecule has 3 N–H and O–H groups in total. The third kappa shape index (κ3) is 7.86. The van der Waals surface area contributed by atoms with E-state index in [1.807, 2.05) is 31.2 Å². The number of rotatable bonds is 12. The van der Waals surface area contributed by atoms with E-state index in [1.165, 1.54) is 0 Å². The largest absolute Gasteiger partial charge is 0.491 e. The molecule has 1 heterocycles. The van der Waals surface area contributed by atoms with Gasteiger partial charge in [0.15, 0.2) is 0 Å². The fraction of sp³-hybridized carbons (Fsp3) is 0.417. The van der Waals surface area contributed by atoms with E-state index >= 15 is 0 Å². The molecule has 2 amide bonds. The van der Waals surface area contributed by atoms with E-state index in [0.29, 0.717) is 43.4 Å². The van der Waals surface area contributed by atoms with Gasteiger partial charge in [0.25, 0.3) is 5.91 Å². The number of anilines is 2. The Morgan fingerprint density at radius 2 is 1.94 bits per heavy atom. The van der Waals surface area contributed by atoms with Gasteiger partial charge in [-0.15, -0.1) is 0 Å². The fourth-order valence-electron chi connectivity index (χ4n) is 3.30. The molecule has 32 heavy (non-hydrogen) atoms. The number of hydrogen-bond acceptors (Lipinski definition) is 6. The molecule has 8 heteroatoms. The molecule has 1 atom stereocenters. The second-order valence-electron chi connectivity index (χ2n) is 7.40. The molecule has 1 aliphatic heterocycles. The predicted octanol–water partition coefficient (Wildman–Crippen LogP) is 3.06. The topological polar surface area (TPSA) is 97.9 Å². The fourth-order valence-corrected chi connectivity index (χ4v) is 3.30. The summed E-state index contributed by atoms with van der Waals surface area (Å²) in [5, 5.41) is 8.78. The van der Waals surface area contributed by atoms with Crippen LogP contribution < -0.4 is 20.7 Å². The standard InChI is InChI=1S/C24H31N3O5/c1-2-30-12-13-32-21-9-4-7-19(15-21)25-17-23(28)27-20-8-3-6-18(14-20)24(29)26-16-22-10-5-11-31-22/h3-4,6-9,14-15,22,25H,2,5,10-13,16-17H2,1H3,(H,26,29)(H,27,28). The highest BCUT2D eigenvalue weighted by Crippen LogP contribution is 2.17. The predicted molar refractivity (Wildman–Crippen MR) is 123 cm³/mol. The molecular formula is C24H31N3O5. The molecule has 0 spiro atoms. The van der Waals surface area contributed by atoms with Crippen LogP contribution in [0, 0.1) is 0 Å². The van der Waals surface area contributed by atoms with Crippen LogP contribution in [0.15, 0.2) is 48.5 Å². The quantitative estimate of drug-likeness (QED) is 0.438. The summed E-state index contributed by atoms with van der Waals surface area (Å²) >= 11 is 0. The Morgan fingerprint density at radius 1 is 1.09 bits per heavy atom. The third-order valence-corrected chi connectivity index (χ3v) is 4.91. The molecule has 8 nitrogen and oxygen atoms in total. The molecule has 0 radical (unpaired) electrons. The van der Waals surface area contributed by atoms with Crippen molar-refractivity contribution in [2.45, 2.75) is 25.9 Å². The van der Waals surface area contributed by atoms with E-state index in [4.69, 9.17) is 14.2 Å². The highest BCUT2D eigenvalue weighted by Gasteiger charge is 2.17. The molecule has 1 aliphatic rings. The van der Waals surface area contributed by atoms with E-state index in [1.54, 1.807) is 24.3 Å². The van der Waals surface area contributed by atoms with Gasteiger partial charge in [0.2, 0.25) is 5.91 Å². The van der Waals surface area contributed by atoms with Gasteiger partial charge in [-0.25, -0.2) is 0 Å². The van der Waals surface area contributed by atoms with Gasteiger partial charge in [0.1, 0.15) is 12.4 Å². The molecule has 1 unspecified atom stereocenters. The van der Waals surface area contributed by atoms with Crippen LogP contribution in [0.25, 0.3) is 0 Å². The molecule has 1 saturated heterocycles. The summed E-state index contributed by atoms with van der Waals surface area (Å²) in [5.74, 6) is 0.303. The molecule has 1 fully saturated rings. The lowest BCUT2D eigenvalue weighted by Crippen LogP contribution is -2.31. The smallest absolute Gasteiger partial charge is 0.251 e. The Labute approximate surface area is 188 Å². The van der Waals surface area contributed by atoms with E-state index < -0.39 is 0 Å². The second-order valence-corrected chi connectivity index (χ2v) is 7.40. The normalized spacial score (nSPS) is 15.2. The average Bonchev–Trinajstić information content (AvgIpc) is 3.33. The number of nitrogens with one attached hydrogen (secondary N) is 3. The van der Waals surface area contributed by atoms with Gasteiger partial charge in [-0.2, -0.15) is 0 Å². The summed E-state index contributed by atoms with van der Waals surface area (Å²) in [6, 6.07) is 14.3. The Morgan fingerprint density at radius 3 is 2.75 bits per heavy atom. The van der Waals surface area contributed by atoms with Crippen LogP contribution in [0.1, 0.15) is 30.1 Å². The number of benzene rings is 2. The van der Waals surface area contributed by atoms with Crippen LogP contribution in [-0.2, 0) is 14.3 Å². The lowest BCUT2D eigenvalue weighted by molar-refractivity contribution is -0.114. The van der Waals surface area contributed by atoms with E-state index in [0.717, 1.165) is 25.1 Å². The number of carbonyl (C=O) groups is 2. The molecular weight excluding hydrogens is 410 g/mol. The SMILES string of the molecule is CCOCCOc1cccc(NCC(=O)Nc2cccc(C(=O)NCC3CCCO3)c2)c1. The second kappa shape index (κ2) is 12.7. The summed E-state index contributed by atoms with van der Waals surface area (Å²) in [4.78, 5) is 24.7. The van der Waals surface area contributed by atoms with E-state index in [-0.39, 0.29) is 24.5 Å². The van der Waals surface area contributed by atoms with Crippen molar-refractivity contribution < 1.29 is 23.8 Å². The van der Waals surface area contributed by atoms with E-state index in [9.17, 15) is 9.59 Å². The summed E-state index contributed by atoms with van der Waals surface area (Å²) in [5.41, 5.74) is 1.83. The zero-order valence-corrected chi connectivity index (χ0v) is 18.4. The Bertz CT molecular complexity index is 883. The molecule has 2 aromatic carbocycles. The Hall–Kier alpha value is -3.10. The zero-order chi connectivity index (χ0) is 22.6. The van der Waals surface area contributed by atoms with Gasteiger partial charge in [0.05, 0.1) is 19.3 Å². The third-order valence-electron chi connectivity index (χ3n) is 4.91. The van der Waals surface area contributed by atoms with Gasteiger partial charge < -0.3 is 30.2 Å². The van der Waals surface area contributed by atoms with Gasteiger partial charge in [-0.3, -0.25) is 9.59 Å². The lowest BCUT2D eigenvalue weighted by atomic mass is 10.1.